The highest BCUT2D eigenvalue weighted by atomic mass is 35.5. The fourth-order valence-electron chi connectivity index (χ4n) is 1.36. The fourth-order valence-corrected chi connectivity index (χ4v) is 1.64. The number of carbonyl (C=O) groups excluding carboxylic acids is 1. The van der Waals surface area contributed by atoms with E-state index in [1.54, 1.807) is 14.0 Å². The molecule has 0 radical (unpaired) electrons. The topological polar surface area (TPSA) is 64.3 Å². The molecule has 0 spiro atoms. The monoisotopic (exact) mass is 256 g/mol. The Morgan fingerprint density at radius 3 is 2.82 bits per heavy atom. The third-order valence-corrected chi connectivity index (χ3v) is 2.64. The van der Waals surface area contributed by atoms with E-state index >= 15 is 0 Å². The van der Waals surface area contributed by atoms with Crippen molar-refractivity contribution < 1.29 is 9.53 Å². The second-order valence-electron chi connectivity index (χ2n) is 3.80. The summed E-state index contributed by atoms with van der Waals surface area (Å²) in [4.78, 5) is 11.2. The Kier molecular flexibility index (Phi) is 5.25. The molecule has 4 nitrogen and oxygen atoms in total. The predicted octanol–water partition coefficient (Wildman–Crippen LogP) is 1.35. The molecular formula is C12H17ClN2O2. The molecule has 0 aliphatic rings. The first-order valence-corrected chi connectivity index (χ1v) is 5.78. The zero-order chi connectivity index (χ0) is 12.8. The second-order valence-corrected chi connectivity index (χ2v) is 4.21. The minimum atomic E-state index is -0.477. The van der Waals surface area contributed by atoms with Gasteiger partial charge in [0.2, 0.25) is 5.91 Å². The maximum absolute atomic E-state index is 11.2. The van der Waals surface area contributed by atoms with Gasteiger partial charge in [-0.2, -0.15) is 0 Å². The number of ether oxygens (including phenoxy) is 1. The molecule has 0 aromatic heterocycles. The lowest BCUT2D eigenvalue weighted by molar-refractivity contribution is -0.121. The average Bonchev–Trinajstić information content (AvgIpc) is 2.29. The van der Waals surface area contributed by atoms with Gasteiger partial charge in [0, 0.05) is 6.54 Å². The number of amides is 1. The van der Waals surface area contributed by atoms with Gasteiger partial charge in [-0.1, -0.05) is 17.7 Å². The van der Waals surface area contributed by atoms with Crippen molar-refractivity contribution in [3.05, 3.63) is 28.8 Å². The molecule has 0 aliphatic heterocycles. The van der Waals surface area contributed by atoms with Crippen LogP contribution in [0.3, 0.4) is 0 Å². The van der Waals surface area contributed by atoms with E-state index in [4.69, 9.17) is 22.1 Å². The molecule has 1 aromatic rings. The number of benzene rings is 1. The molecular weight excluding hydrogens is 240 g/mol. The molecule has 1 atom stereocenters. The van der Waals surface area contributed by atoms with Crippen molar-refractivity contribution in [2.75, 3.05) is 13.7 Å². The Morgan fingerprint density at radius 1 is 1.59 bits per heavy atom. The van der Waals surface area contributed by atoms with Crippen LogP contribution >= 0.6 is 11.6 Å². The highest BCUT2D eigenvalue weighted by Gasteiger charge is 2.06. The van der Waals surface area contributed by atoms with Crippen molar-refractivity contribution in [2.45, 2.75) is 19.4 Å². The molecule has 94 valence electrons. The summed E-state index contributed by atoms with van der Waals surface area (Å²) in [5.74, 6) is 0.500. The Bertz CT molecular complexity index is 394. The number of hydrogen-bond donors (Lipinski definition) is 2. The number of hydrogen-bond acceptors (Lipinski definition) is 3. The van der Waals surface area contributed by atoms with Crippen molar-refractivity contribution in [3.63, 3.8) is 0 Å². The normalized spacial score (nSPS) is 12.0. The first-order chi connectivity index (χ1) is 8.04. The van der Waals surface area contributed by atoms with Crippen LogP contribution in [0.2, 0.25) is 5.02 Å². The standard InChI is InChI=1S/C12H17ClN2O2/c1-8(14)12(16)15-6-5-9-3-4-11(17-2)10(13)7-9/h3-4,7-8H,5-6,14H2,1-2H3,(H,15,16). The summed E-state index contributed by atoms with van der Waals surface area (Å²) in [7, 11) is 1.57. The highest BCUT2D eigenvalue weighted by molar-refractivity contribution is 6.32. The van der Waals surface area contributed by atoms with Crippen LogP contribution in [0, 0.1) is 0 Å². The van der Waals surface area contributed by atoms with E-state index in [0.29, 0.717) is 23.7 Å². The molecule has 1 unspecified atom stereocenters. The molecule has 3 N–H and O–H groups in total. The van der Waals surface area contributed by atoms with Crippen molar-refractivity contribution in [1.29, 1.82) is 0 Å². The number of nitrogens with two attached hydrogens (primary N) is 1. The molecule has 1 rings (SSSR count). The van der Waals surface area contributed by atoms with Gasteiger partial charge < -0.3 is 15.8 Å². The zero-order valence-electron chi connectivity index (χ0n) is 10.00. The van der Waals surface area contributed by atoms with Crippen molar-refractivity contribution in [1.82, 2.24) is 5.32 Å². The van der Waals surface area contributed by atoms with Gasteiger partial charge >= 0.3 is 0 Å². The zero-order valence-corrected chi connectivity index (χ0v) is 10.8. The number of nitrogens with one attached hydrogen (secondary N) is 1. The maximum atomic E-state index is 11.2. The minimum absolute atomic E-state index is 0.149. The van der Waals surface area contributed by atoms with E-state index in [9.17, 15) is 4.79 Å². The lowest BCUT2D eigenvalue weighted by Gasteiger charge is -2.09. The lowest BCUT2D eigenvalue weighted by atomic mass is 10.1. The van der Waals surface area contributed by atoms with Crippen LogP contribution in [0.25, 0.3) is 0 Å². The summed E-state index contributed by atoms with van der Waals surface area (Å²) >= 11 is 5.99. The molecule has 5 heteroatoms. The van der Waals surface area contributed by atoms with Gasteiger partial charge in [-0.3, -0.25) is 4.79 Å². The number of rotatable bonds is 5. The van der Waals surface area contributed by atoms with Crippen LogP contribution in [0.1, 0.15) is 12.5 Å². The molecule has 1 amide bonds. The second kappa shape index (κ2) is 6.47. The van der Waals surface area contributed by atoms with Gasteiger partial charge in [-0.25, -0.2) is 0 Å². The Balaban J connectivity index is 2.47. The third kappa shape index (κ3) is 4.24. The first kappa shape index (κ1) is 13.8. The van der Waals surface area contributed by atoms with Gasteiger partial charge in [0.05, 0.1) is 18.2 Å². The summed E-state index contributed by atoms with van der Waals surface area (Å²) in [6.07, 6.45) is 0.710. The summed E-state index contributed by atoms with van der Waals surface area (Å²) in [5.41, 5.74) is 6.47. The van der Waals surface area contributed by atoms with Gasteiger partial charge in [-0.05, 0) is 31.0 Å². The van der Waals surface area contributed by atoms with Gasteiger partial charge in [0.15, 0.2) is 0 Å². The van der Waals surface area contributed by atoms with Gasteiger partial charge in [0.25, 0.3) is 0 Å². The predicted molar refractivity (Wildman–Crippen MR) is 68.4 cm³/mol. The summed E-state index contributed by atoms with van der Waals surface area (Å²) < 4.78 is 5.06. The Hall–Kier alpha value is -1.26. The first-order valence-electron chi connectivity index (χ1n) is 5.40. The number of carbonyl (C=O) groups is 1. The van der Waals surface area contributed by atoms with Gasteiger partial charge in [0.1, 0.15) is 5.75 Å². The maximum Gasteiger partial charge on any atom is 0.236 e. The van der Waals surface area contributed by atoms with E-state index < -0.39 is 6.04 Å². The van der Waals surface area contributed by atoms with E-state index in [1.807, 2.05) is 18.2 Å². The minimum Gasteiger partial charge on any atom is -0.495 e. The Labute approximate surface area is 106 Å². The lowest BCUT2D eigenvalue weighted by Crippen LogP contribution is -2.39. The average molecular weight is 257 g/mol. The highest BCUT2D eigenvalue weighted by Crippen LogP contribution is 2.24. The molecule has 0 saturated heterocycles. The van der Waals surface area contributed by atoms with Crippen LogP contribution in [-0.2, 0) is 11.2 Å². The van der Waals surface area contributed by atoms with Crippen LogP contribution < -0.4 is 15.8 Å². The molecule has 1 aromatic carbocycles. The van der Waals surface area contributed by atoms with E-state index in [1.165, 1.54) is 0 Å². The van der Waals surface area contributed by atoms with Crippen LogP contribution in [0.4, 0.5) is 0 Å². The third-order valence-electron chi connectivity index (χ3n) is 2.34. The Morgan fingerprint density at radius 2 is 2.29 bits per heavy atom. The number of methoxy groups -OCH3 is 1. The van der Waals surface area contributed by atoms with E-state index in [2.05, 4.69) is 5.32 Å². The largest absolute Gasteiger partial charge is 0.495 e. The quantitative estimate of drug-likeness (QED) is 0.836. The van der Waals surface area contributed by atoms with Crippen LogP contribution in [-0.4, -0.2) is 25.6 Å². The molecule has 0 heterocycles. The SMILES string of the molecule is COc1ccc(CCNC(=O)C(C)N)cc1Cl. The van der Waals surface area contributed by atoms with Crippen LogP contribution in [0.15, 0.2) is 18.2 Å². The summed E-state index contributed by atoms with van der Waals surface area (Å²) in [5, 5.41) is 3.31. The molecule has 0 saturated carbocycles. The number of halogens is 1. The molecule has 17 heavy (non-hydrogen) atoms. The molecule has 0 fully saturated rings. The van der Waals surface area contributed by atoms with Crippen molar-refractivity contribution >= 4 is 17.5 Å². The molecule has 0 aliphatic carbocycles. The fraction of sp³-hybridized carbons (Fsp3) is 0.417. The molecule has 0 bridgehead atoms. The summed E-state index contributed by atoms with van der Waals surface area (Å²) in [6, 6.07) is 5.08. The van der Waals surface area contributed by atoms with Crippen molar-refractivity contribution in [2.24, 2.45) is 5.73 Å². The van der Waals surface area contributed by atoms with E-state index in [-0.39, 0.29) is 5.91 Å². The smallest absolute Gasteiger partial charge is 0.236 e. The van der Waals surface area contributed by atoms with Crippen molar-refractivity contribution in [3.8, 4) is 5.75 Å². The van der Waals surface area contributed by atoms with E-state index in [0.717, 1.165) is 5.56 Å². The summed E-state index contributed by atoms with van der Waals surface area (Å²) in [6.45, 7) is 2.20. The van der Waals surface area contributed by atoms with Gasteiger partial charge in [-0.15, -0.1) is 0 Å². The van der Waals surface area contributed by atoms with Crippen LogP contribution in [0.5, 0.6) is 5.75 Å².